The number of nitrogens with zero attached hydrogens (tertiary/aromatic N) is 2. The summed E-state index contributed by atoms with van der Waals surface area (Å²) >= 11 is 0. The van der Waals surface area contributed by atoms with Crippen LogP contribution in [0.1, 0.15) is 59.8 Å². The van der Waals surface area contributed by atoms with Gasteiger partial charge < -0.3 is 20.3 Å². The summed E-state index contributed by atoms with van der Waals surface area (Å²) in [4.78, 5) is 64.7. The Morgan fingerprint density at radius 2 is 1.84 bits per heavy atom. The molecule has 3 aliphatic rings. The lowest BCUT2D eigenvalue weighted by atomic mass is 9.93. The number of carbonyl (C=O) groups excluding carboxylic acids is 5. The minimum atomic E-state index is -5.16. The Bertz CT molecular complexity index is 953. The molecule has 1 aliphatic carbocycles. The largest absolute Gasteiger partial charge is 0.471 e. The van der Waals surface area contributed by atoms with Crippen LogP contribution in [-0.2, 0) is 23.9 Å². The number of ether oxygens (including phenoxy) is 1. The van der Waals surface area contributed by atoms with Gasteiger partial charge in [0, 0.05) is 13.1 Å². The molecule has 0 unspecified atom stereocenters. The molecule has 0 aromatic carbocycles. The maximum absolute atomic E-state index is 13.6. The maximum Gasteiger partial charge on any atom is 0.471 e. The number of hydrogen-bond donors (Lipinski definition) is 3. The number of halogens is 3. The highest BCUT2D eigenvalue weighted by Gasteiger charge is 2.51. The molecule has 11 nitrogen and oxygen atoms in total. The molecule has 14 heteroatoms. The fourth-order valence-corrected chi connectivity index (χ4v) is 5.37. The molecule has 3 rings (SSSR count). The Morgan fingerprint density at radius 3 is 2.39 bits per heavy atom. The second-order valence-corrected chi connectivity index (χ2v) is 11.1. The van der Waals surface area contributed by atoms with Crippen LogP contribution in [0.25, 0.3) is 0 Å². The number of likely N-dealkylation sites (tertiary alicyclic amines) is 1. The summed E-state index contributed by atoms with van der Waals surface area (Å²) < 4.78 is 43.9. The van der Waals surface area contributed by atoms with Crippen molar-refractivity contribution in [3.63, 3.8) is 0 Å². The van der Waals surface area contributed by atoms with Crippen LogP contribution < -0.4 is 16.1 Å². The Morgan fingerprint density at radius 1 is 1.16 bits per heavy atom. The summed E-state index contributed by atoms with van der Waals surface area (Å²) in [7, 11) is 0. The topological polar surface area (TPSA) is 137 Å². The van der Waals surface area contributed by atoms with Crippen molar-refractivity contribution in [3.05, 3.63) is 0 Å². The van der Waals surface area contributed by atoms with E-state index in [1.165, 1.54) is 11.8 Å². The van der Waals surface area contributed by atoms with E-state index in [9.17, 15) is 37.1 Å². The van der Waals surface area contributed by atoms with E-state index in [1.807, 2.05) is 0 Å². The highest BCUT2D eigenvalue weighted by atomic mass is 19.4. The third-order valence-corrected chi connectivity index (χ3v) is 7.14. The lowest BCUT2D eigenvalue weighted by Gasteiger charge is -2.33. The van der Waals surface area contributed by atoms with Crippen molar-refractivity contribution in [2.24, 2.45) is 17.8 Å². The van der Waals surface area contributed by atoms with Gasteiger partial charge in [0.1, 0.15) is 17.7 Å². The van der Waals surface area contributed by atoms with E-state index in [0.717, 1.165) is 17.9 Å². The fraction of sp³-hybridized carbons (Fsp3) is 0.792. The first-order chi connectivity index (χ1) is 17.6. The molecule has 2 heterocycles. The van der Waals surface area contributed by atoms with Crippen LogP contribution in [0.5, 0.6) is 0 Å². The predicted octanol–water partition coefficient (Wildman–Crippen LogP) is 1.48. The number of hydrogen-bond acceptors (Lipinski definition) is 6. The lowest BCUT2D eigenvalue weighted by molar-refractivity contribution is -0.175. The Kier molecular flexibility index (Phi) is 8.82. The molecule has 3 fully saturated rings. The number of carbonyl (C=O) groups is 5. The second-order valence-electron chi connectivity index (χ2n) is 11.1. The first-order valence-electron chi connectivity index (χ1n) is 12.9. The monoisotopic (exact) mass is 547 g/mol. The lowest BCUT2D eigenvalue weighted by Crippen LogP contribution is -2.59. The number of alkyl halides is 3. The average Bonchev–Trinajstić information content (AvgIpc) is 3.50. The van der Waals surface area contributed by atoms with Crippen molar-refractivity contribution in [1.29, 1.82) is 0 Å². The van der Waals surface area contributed by atoms with Crippen LogP contribution in [0.2, 0.25) is 0 Å². The number of amides is 5. The third kappa shape index (κ3) is 6.87. The molecule has 0 aromatic rings. The van der Waals surface area contributed by atoms with Crippen molar-refractivity contribution in [3.8, 4) is 0 Å². The zero-order valence-electron chi connectivity index (χ0n) is 22.0. The van der Waals surface area contributed by atoms with Gasteiger partial charge in [0.05, 0.1) is 12.5 Å². The summed E-state index contributed by atoms with van der Waals surface area (Å²) in [5.74, 6) is -4.87. The number of nitrogens with one attached hydrogen (secondary N) is 3. The van der Waals surface area contributed by atoms with E-state index in [-0.39, 0.29) is 37.3 Å². The van der Waals surface area contributed by atoms with Crippen molar-refractivity contribution < 1.29 is 41.9 Å². The van der Waals surface area contributed by atoms with Crippen molar-refractivity contribution in [1.82, 2.24) is 26.0 Å². The minimum absolute atomic E-state index is 0.0406. The highest BCUT2D eigenvalue weighted by Crippen LogP contribution is 2.42. The molecular weight excluding hydrogens is 511 g/mol. The van der Waals surface area contributed by atoms with Crippen LogP contribution in [0, 0.1) is 17.8 Å². The second kappa shape index (κ2) is 11.4. The van der Waals surface area contributed by atoms with Gasteiger partial charge in [-0.3, -0.25) is 24.6 Å². The summed E-state index contributed by atoms with van der Waals surface area (Å²) in [6.07, 6.45) is -3.52. The molecule has 5 atom stereocenters. The Labute approximate surface area is 219 Å². The van der Waals surface area contributed by atoms with E-state index >= 15 is 0 Å². The quantitative estimate of drug-likeness (QED) is 0.431. The minimum Gasteiger partial charge on any atom is -0.442 e. The SMILES string of the molecule is CC[C@H](NC(=O)C(F)(F)F)C(=O)N1C[C@@H]2CCC[C@@H]2[C@H]1C(=O)NN(C[C@@H]1CCNC1=O)C(=O)OC(C)(C)C. The van der Waals surface area contributed by atoms with Crippen LogP contribution in [0.15, 0.2) is 0 Å². The molecule has 1 saturated carbocycles. The molecule has 3 N–H and O–H groups in total. The van der Waals surface area contributed by atoms with Crippen molar-refractivity contribution in [2.45, 2.75) is 83.7 Å². The van der Waals surface area contributed by atoms with Crippen LogP contribution >= 0.6 is 0 Å². The molecule has 0 radical (unpaired) electrons. The van der Waals surface area contributed by atoms with Crippen LogP contribution in [0.4, 0.5) is 18.0 Å². The standard InChI is InChI=1S/C24H36F3N5O6/c1-5-16(29-21(36)24(25,26)27)20(35)31-11-13-7-6-8-15(13)17(31)19(34)30-32(22(37)38-23(2,3)4)12-14-9-10-28-18(14)33/h13-17H,5-12H2,1-4H3,(H,28,33)(H,29,36)(H,30,34)/t13-,14-,15-,16-,17-/m0/s1. The van der Waals surface area contributed by atoms with E-state index in [1.54, 1.807) is 26.1 Å². The van der Waals surface area contributed by atoms with Gasteiger partial charge in [-0.2, -0.15) is 13.2 Å². The summed E-state index contributed by atoms with van der Waals surface area (Å²) in [5, 5.41) is 5.33. The number of rotatable bonds is 6. The molecule has 0 spiro atoms. The molecule has 0 bridgehead atoms. The predicted molar refractivity (Wildman–Crippen MR) is 127 cm³/mol. The summed E-state index contributed by atoms with van der Waals surface area (Å²) in [6.45, 7) is 6.83. The number of fused-ring (bicyclic) bond motifs is 1. The Hall–Kier alpha value is -3.06. The van der Waals surface area contributed by atoms with Gasteiger partial charge in [-0.25, -0.2) is 9.80 Å². The molecule has 38 heavy (non-hydrogen) atoms. The zero-order chi connectivity index (χ0) is 28.4. The normalized spacial score (nSPS) is 25.9. The Balaban J connectivity index is 1.82. The first kappa shape index (κ1) is 29.5. The van der Waals surface area contributed by atoms with Crippen LogP contribution in [0.3, 0.4) is 0 Å². The van der Waals surface area contributed by atoms with Gasteiger partial charge in [-0.1, -0.05) is 13.3 Å². The summed E-state index contributed by atoms with van der Waals surface area (Å²) in [6, 6.07) is -2.53. The smallest absolute Gasteiger partial charge is 0.442 e. The van der Waals surface area contributed by atoms with E-state index in [2.05, 4.69) is 10.7 Å². The molecule has 0 aromatic heterocycles. The molecular formula is C24H36F3N5O6. The van der Waals surface area contributed by atoms with Gasteiger partial charge >= 0.3 is 18.2 Å². The third-order valence-electron chi connectivity index (χ3n) is 7.14. The van der Waals surface area contributed by atoms with Gasteiger partial charge in [0.2, 0.25) is 11.8 Å². The van der Waals surface area contributed by atoms with E-state index in [4.69, 9.17) is 4.74 Å². The van der Waals surface area contributed by atoms with Crippen molar-refractivity contribution in [2.75, 3.05) is 19.6 Å². The van der Waals surface area contributed by atoms with Crippen molar-refractivity contribution >= 4 is 29.7 Å². The zero-order valence-corrected chi connectivity index (χ0v) is 22.0. The van der Waals surface area contributed by atoms with Gasteiger partial charge in [0.25, 0.3) is 5.91 Å². The molecule has 2 saturated heterocycles. The average molecular weight is 548 g/mol. The molecule has 214 valence electrons. The highest BCUT2D eigenvalue weighted by molar-refractivity contribution is 5.94. The van der Waals surface area contributed by atoms with E-state index in [0.29, 0.717) is 19.4 Å². The first-order valence-corrected chi connectivity index (χ1v) is 12.9. The molecule has 5 amide bonds. The van der Waals surface area contributed by atoms with Gasteiger partial charge in [-0.05, 0) is 58.3 Å². The molecule has 2 aliphatic heterocycles. The fourth-order valence-electron chi connectivity index (χ4n) is 5.37. The van der Waals surface area contributed by atoms with Crippen LogP contribution in [-0.4, -0.2) is 83.1 Å². The summed E-state index contributed by atoms with van der Waals surface area (Å²) in [5.41, 5.74) is 1.63. The van der Waals surface area contributed by atoms with E-state index < -0.39 is 53.6 Å². The maximum atomic E-state index is 13.6. The number of hydrazine groups is 1. The van der Waals surface area contributed by atoms with Gasteiger partial charge in [0.15, 0.2) is 0 Å². The van der Waals surface area contributed by atoms with Gasteiger partial charge in [-0.15, -0.1) is 0 Å².